The maximum Gasteiger partial charge on any atom is 0.191 e. The zero-order valence-electron chi connectivity index (χ0n) is 14.2. The van der Waals surface area contributed by atoms with Crippen molar-refractivity contribution in [1.29, 1.82) is 0 Å². The number of nitrogens with zero attached hydrogens (tertiary/aromatic N) is 1. The van der Waals surface area contributed by atoms with Crippen LogP contribution in [0.3, 0.4) is 0 Å². The SMILES string of the molecule is C=CCNC(=NCc1ccccc1COc1ccccc1)NCC. The molecule has 0 fully saturated rings. The van der Waals surface area contributed by atoms with Crippen LogP contribution in [0.1, 0.15) is 18.1 Å². The fourth-order valence-electron chi connectivity index (χ4n) is 2.21. The van der Waals surface area contributed by atoms with E-state index in [1.807, 2.05) is 55.5 Å². The number of benzene rings is 2. The Labute approximate surface area is 144 Å². The van der Waals surface area contributed by atoms with Crippen molar-refractivity contribution >= 4 is 5.96 Å². The van der Waals surface area contributed by atoms with Gasteiger partial charge in [0.2, 0.25) is 0 Å². The molecule has 0 heterocycles. The highest BCUT2D eigenvalue weighted by atomic mass is 16.5. The fourth-order valence-corrected chi connectivity index (χ4v) is 2.21. The van der Waals surface area contributed by atoms with E-state index >= 15 is 0 Å². The van der Waals surface area contributed by atoms with Gasteiger partial charge in [0, 0.05) is 13.1 Å². The highest BCUT2D eigenvalue weighted by molar-refractivity contribution is 5.79. The molecule has 0 radical (unpaired) electrons. The molecule has 0 atom stereocenters. The van der Waals surface area contributed by atoms with E-state index in [-0.39, 0.29) is 0 Å². The van der Waals surface area contributed by atoms with E-state index < -0.39 is 0 Å². The number of rotatable bonds is 8. The minimum absolute atomic E-state index is 0.534. The molecule has 0 amide bonds. The van der Waals surface area contributed by atoms with Crippen LogP contribution in [0.4, 0.5) is 0 Å². The molecule has 126 valence electrons. The second-order valence-corrected chi connectivity index (χ2v) is 5.24. The lowest BCUT2D eigenvalue weighted by molar-refractivity contribution is 0.305. The van der Waals surface area contributed by atoms with E-state index in [9.17, 15) is 0 Å². The largest absolute Gasteiger partial charge is 0.489 e. The summed E-state index contributed by atoms with van der Waals surface area (Å²) in [7, 11) is 0. The first-order valence-corrected chi connectivity index (χ1v) is 8.21. The topological polar surface area (TPSA) is 45.7 Å². The Hall–Kier alpha value is -2.75. The summed E-state index contributed by atoms with van der Waals surface area (Å²) in [6, 6.07) is 18.1. The molecule has 0 unspecified atom stereocenters. The standard InChI is InChI=1S/C20H25N3O/c1-3-14-22-20(21-4-2)23-15-17-10-8-9-11-18(17)16-24-19-12-6-5-7-13-19/h3,5-13H,1,4,14-16H2,2H3,(H2,21,22,23). The summed E-state index contributed by atoms with van der Waals surface area (Å²) in [4.78, 5) is 4.63. The average molecular weight is 323 g/mol. The first-order valence-electron chi connectivity index (χ1n) is 8.21. The van der Waals surface area contributed by atoms with Gasteiger partial charge in [-0.1, -0.05) is 48.5 Å². The fraction of sp³-hybridized carbons (Fsp3) is 0.250. The highest BCUT2D eigenvalue weighted by Gasteiger charge is 2.03. The molecule has 2 aromatic rings. The van der Waals surface area contributed by atoms with Gasteiger partial charge in [-0.05, 0) is 30.2 Å². The summed E-state index contributed by atoms with van der Waals surface area (Å²) >= 11 is 0. The number of aliphatic imine (C=N–C) groups is 1. The minimum atomic E-state index is 0.534. The molecule has 0 spiro atoms. The van der Waals surface area contributed by atoms with Crippen molar-refractivity contribution < 1.29 is 4.74 Å². The van der Waals surface area contributed by atoms with Crippen LogP contribution in [-0.2, 0) is 13.2 Å². The second kappa shape index (κ2) is 10.1. The summed E-state index contributed by atoms with van der Waals surface area (Å²) in [6.45, 7) is 8.40. The van der Waals surface area contributed by atoms with E-state index in [0.717, 1.165) is 29.4 Å². The number of hydrogen-bond acceptors (Lipinski definition) is 2. The maximum absolute atomic E-state index is 5.86. The average Bonchev–Trinajstić information content (AvgIpc) is 2.64. The van der Waals surface area contributed by atoms with Gasteiger partial charge in [0.1, 0.15) is 12.4 Å². The smallest absolute Gasteiger partial charge is 0.191 e. The Morgan fingerprint density at radius 2 is 1.75 bits per heavy atom. The van der Waals surface area contributed by atoms with E-state index in [1.165, 1.54) is 0 Å². The van der Waals surface area contributed by atoms with Crippen LogP contribution in [0.15, 0.2) is 72.2 Å². The van der Waals surface area contributed by atoms with Crippen LogP contribution in [0, 0.1) is 0 Å². The van der Waals surface area contributed by atoms with E-state index in [0.29, 0.717) is 19.7 Å². The second-order valence-electron chi connectivity index (χ2n) is 5.24. The molecular formula is C20H25N3O. The molecule has 24 heavy (non-hydrogen) atoms. The molecule has 2 N–H and O–H groups in total. The normalized spacial score (nSPS) is 11.0. The quantitative estimate of drug-likeness (QED) is 0.444. The van der Waals surface area contributed by atoms with Gasteiger partial charge in [-0.25, -0.2) is 4.99 Å². The number of guanidine groups is 1. The van der Waals surface area contributed by atoms with Gasteiger partial charge in [-0.2, -0.15) is 0 Å². The molecule has 0 aliphatic heterocycles. The lowest BCUT2D eigenvalue weighted by Crippen LogP contribution is -2.37. The van der Waals surface area contributed by atoms with Crippen molar-refractivity contribution in [1.82, 2.24) is 10.6 Å². The van der Waals surface area contributed by atoms with E-state index in [2.05, 4.69) is 34.3 Å². The summed E-state index contributed by atoms with van der Waals surface area (Å²) in [5.41, 5.74) is 2.30. The summed E-state index contributed by atoms with van der Waals surface area (Å²) in [5, 5.41) is 6.43. The van der Waals surface area contributed by atoms with Crippen LogP contribution < -0.4 is 15.4 Å². The third kappa shape index (κ3) is 5.80. The van der Waals surface area contributed by atoms with E-state index in [1.54, 1.807) is 0 Å². The first kappa shape index (κ1) is 17.6. The van der Waals surface area contributed by atoms with Gasteiger partial charge >= 0.3 is 0 Å². The van der Waals surface area contributed by atoms with Crippen molar-refractivity contribution in [2.24, 2.45) is 4.99 Å². The molecule has 0 saturated carbocycles. The molecule has 0 aliphatic carbocycles. The number of para-hydroxylation sites is 1. The molecule has 2 rings (SSSR count). The first-order chi connectivity index (χ1) is 11.8. The summed E-state index contributed by atoms with van der Waals surface area (Å²) in [5.74, 6) is 1.66. The lowest BCUT2D eigenvalue weighted by atomic mass is 10.1. The number of ether oxygens (including phenoxy) is 1. The van der Waals surface area contributed by atoms with Gasteiger partial charge in [0.15, 0.2) is 5.96 Å². The molecule has 0 aromatic heterocycles. The van der Waals surface area contributed by atoms with Gasteiger partial charge in [-0.15, -0.1) is 6.58 Å². The Balaban J connectivity index is 2.03. The van der Waals surface area contributed by atoms with Crippen molar-refractivity contribution in [2.75, 3.05) is 13.1 Å². The summed E-state index contributed by atoms with van der Waals surface area (Å²) in [6.07, 6.45) is 1.81. The van der Waals surface area contributed by atoms with Crippen LogP contribution in [0.2, 0.25) is 0 Å². The van der Waals surface area contributed by atoms with Crippen LogP contribution in [0.25, 0.3) is 0 Å². The Bertz CT molecular complexity index is 653. The van der Waals surface area contributed by atoms with Crippen molar-refractivity contribution in [3.05, 3.63) is 78.4 Å². The molecule has 4 nitrogen and oxygen atoms in total. The maximum atomic E-state index is 5.86. The Kier molecular flexibility index (Phi) is 7.41. The van der Waals surface area contributed by atoms with E-state index in [4.69, 9.17) is 4.74 Å². The third-order valence-electron chi connectivity index (χ3n) is 3.42. The molecule has 0 aliphatic rings. The highest BCUT2D eigenvalue weighted by Crippen LogP contribution is 2.15. The van der Waals surface area contributed by atoms with Gasteiger partial charge in [0.25, 0.3) is 0 Å². The Morgan fingerprint density at radius 3 is 2.46 bits per heavy atom. The molecule has 4 heteroatoms. The molecule has 2 aromatic carbocycles. The zero-order chi connectivity index (χ0) is 17.0. The number of nitrogens with one attached hydrogen (secondary N) is 2. The van der Waals surface area contributed by atoms with Gasteiger partial charge in [0.05, 0.1) is 6.54 Å². The molecule has 0 bridgehead atoms. The summed E-state index contributed by atoms with van der Waals surface area (Å²) < 4.78 is 5.86. The minimum Gasteiger partial charge on any atom is -0.489 e. The lowest BCUT2D eigenvalue weighted by Gasteiger charge is -2.12. The predicted molar refractivity (Wildman–Crippen MR) is 100 cm³/mol. The van der Waals surface area contributed by atoms with Crippen molar-refractivity contribution in [3.8, 4) is 5.75 Å². The Morgan fingerprint density at radius 1 is 1.04 bits per heavy atom. The van der Waals surface area contributed by atoms with Crippen LogP contribution in [0.5, 0.6) is 5.75 Å². The zero-order valence-corrected chi connectivity index (χ0v) is 14.2. The molecular weight excluding hydrogens is 298 g/mol. The van der Waals surface area contributed by atoms with Crippen LogP contribution >= 0.6 is 0 Å². The predicted octanol–water partition coefficient (Wildman–Crippen LogP) is 3.51. The monoisotopic (exact) mass is 323 g/mol. The molecule has 0 saturated heterocycles. The van der Waals surface area contributed by atoms with Crippen LogP contribution in [-0.4, -0.2) is 19.0 Å². The van der Waals surface area contributed by atoms with Crippen molar-refractivity contribution in [2.45, 2.75) is 20.1 Å². The van der Waals surface area contributed by atoms with Gasteiger partial charge < -0.3 is 15.4 Å². The van der Waals surface area contributed by atoms with Crippen molar-refractivity contribution in [3.63, 3.8) is 0 Å². The number of hydrogen-bond donors (Lipinski definition) is 2. The third-order valence-corrected chi connectivity index (χ3v) is 3.42. The van der Waals surface area contributed by atoms with Gasteiger partial charge in [-0.3, -0.25) is 0 Å².